The monoisotopic (exact) mass is 425 g/mol. The van der Waals surface area contributed by atoms with Gasteiger partial charge in [0, 0.05) is 6.54 Å². The molecule has 0 radical (unpaired) electrons. The highest BCUT2D eigenvalue weighted by Gasteiger charge is 2.60. The van der Waals surface area contributed by atoms with Gasteiger partial charge in [0.05, 0.1) is 10.7 Å². The molecule has 1 unspecified atom stereocenters. The van der Waals surface area contributed by atoms with E-state index in [-0.39, 0.29) is 11.4 Å². The molecule has 3 rings (SSSR count). The molecule has 10 nitrogen and oxygen atoms in total. The SMILES string of the molecule is NCc1nonc1C1(OC(=O)C(F)(F)F)NOC(=O)N1c1ccc(F)c(Cl)c1. The fourth-order valence-corrected chi connectivity index (χ4v) is 2.48. The number of hydrogen-bond donors (Lipinski definition) is 2. The van der Waals surface area contributed by atoms with Gasteiger partial charge in [0.1, 0.15) is 11.5 Å². The molecule has 2 heterocycles. The van der Waals surface area contributed by atoms with Gasteiger partial charge in [0.15, 0.2) is 5.69 Å². The van der Waals surface area contributed by atoms with Crippen LogP contribution in [0.1, 0.15) is 11.4 Å². The smallest absolute Gasteiger partial charge is 0.408 e. The van der Waals surface area contributed by atoms with E-state index in [4.69, 9.17) is 17.3 Å². The number of anilines is 1. The maximum absolute atomic E-state index is 13.5. The van der Waals surface area contributed by atoms with E-state index in [1.54, 1.807) is 0 Å². The van der Waals surface area contributed by atoms with E-state index in [1.165, 1.54) is 0 Å². The number of esters is 1. The molecule has 1 saturated heterocycles. The maximum atomic E-state index is 13.5. The largest absolute Gasteiger partial charge is 0.491 e. The van der Waals surface area contributed by atoms with Crippen molar-refractivity contribution < 1.29 is 41.4 Å². The Balaban J connectivity index is 2.20. The fraction of sp³-hybridized carbons (Fsp3) is 0.231. The molecule has 1 atom stereocenters. The van der Waals surface area contributed by atoms with Gasteiger partial charge in [-0.15, -0.1) is 0 Å². The minimum Gasteiger partial charge on any atom is -0.408 e. The van der Waals surface area contributed by atoms with Crippen molar-refractivity contribution in [3.63, 3.8) is 0 Å². The van der Waals surface area contributed by atoms with Crippen LogP contribution in [0.2, 0.25) is 5.02 Å². The van der Waals surface area contributed by atoms with Gasteiger partial charge in [0.25, 0.3) is 0 Å². The molecule has 0 bridgehead atoms. The molecular formula is C13H8ClF4N5O5. The van der Waals surface area contributed by atoms with Crippen LogP contribution in [-0.4, -0.2) is 28.6 Å². The lowest BCUT2D eigenvalue weighted by molar-refractivity contribution is -0.222. The molecule has 0 spiro atoms. The Hall–Kier alpha value is -2.97. The minimum absolute atomic E-state index is 0.265. The fourth-order valence-electron chi connectivity index (χ4n) is 2.30. The summed E-state index contributed by atoms with van der Waals surface area (Å²) in [6, 6.07) is 2.68. The standard InChI is InChI=1S/C13H8ClF4N5O5/c14-6-3-5(1-2-7(6)15)23-11(25)27-22-13(23,26-10(24)12(16,17)18)9-8(4-19)20-28-21-9/h1-3,22H,4,19H2. The number of nitrogens with zero attached hydrogens (tertiary/aromatic N) is 3. The molecule has 1 amide bonds. The van der Waals surface area contributed by atoms with Crippen LogP contribution in [-0.2, 0) is 26.8 Å². The third-order valence-electron chi connectivity index (χ3n) is 3.48. The average molecular weight is 426 g/mol. The summed E-state index contributed by atoms with van der Waals surface area (Å²) < 4.78 is 60.9. The number of halogens is 5. The lowest BCUT2D eigenvalue weighted by Gasteiger charge is -2.32. The number of nitrogens with two attached hydrogens (primary N) is 1. The molecule has 1 fully saturated rings. The van der Waals surface area contributed by atoms with E-state index in [9.17, 15) is 27.2 Å². The van der Waals surface area contributed by atoms with Gasteiger partial charge in [-0.25, -0.2) is 23.5 Å². The molecule has 150 valence electrons. The van der Waals surface area contributed by atoms with Crippen LogP contribution in [0.15, 0.2) is 22.8 Å². The average Bonchev–Trinajstić information content (AvgIpc) is 3.22. The number of hydroxylamine groups is 1. The number of benzene rings is 1. The van der Waals surface area contributed by atoms with Gasteiger partial charge >= 0.3 is 24.1 Å². The van der Waals surface area contributed by atoms with Gasteiger partial charge in [-0.3, -0.25) is 0 Å². The summed E-state index contributed by atoms with van der Waals surface area (Å²) in [5, 5.41) is 6.27. The number of amides is 1. The molecule has 2 aromatic rings. The van der Waals surface area contributed by atoms with Crippen LogP contribution in [0.3, 0.4) is 0 Å². The minimum atomic E-state index is -5.45. The van der Waals surface area contributed by atoms with Crippen LogP contribution < -0.4 is 16.1 Å². The predicted octanol–water partition coefficient (Wildman–Crippen LogP) is 1.70. The molecule has 28 heavy (non-hydrogen) atoms. The summed E-state index contributed by atoms with van der Waals surface area (Å²) in [7, 11) is 0. The normalized spacial score (nSPS) is 19.6. The van der Waals surface area contributed by atoms with Gasteiger partial charge in [-0.1, -0.05) is 22.2 Å². The summed E-state index contributed by atoms with van der Waals surface area (Å²) in [6.07, 6.45) is -6.78. The van der Waals surface area contributed by atoms with Crippen LogP contribution in [0, 0.1) is 5.82 Å². The highest BCUT2D eigenvalue weighted by molar-refractivity contribution is 6.31. The first-order valence-electron chi connectivity index (χ1n) is 7.15. The highest BCUT2D eigenvalue weighted by atomic mass is 35.5. The van der Waals surface area contributed by atoms with E-state index in [0.29, 0.717) is 4.90 Å². The topological polar surface area (TPSA) is 133 Å². The van der Waals surface area contributed by atoms with E-state index >= 15 is 0 Å². The number of aromatic nitrogens is 2. The molecule has 1 aromatic carbocycles. The number of rotatable bonds is 4. The molecule has 0 aliphatic carbocycles. The van der Waals surface area contributed by atoms with E-state index in [1.807, 2.05) is 5.48 Å². The maximum Gasteiger partial charge on any atom is 0.491 e. The molecular weight excluding hydrogens is 418 g/mol. The van der Waals surface area contributed by atoms with Crippen molar-refractivity contribution in [2.45, 2.75) is 18.6 Å². The molecule has 1 aliphatic heterocycles. The van der Waals surface area contributed by atoms with Crippen molar-refractivity contribution in [3.05, 3.63) is 40.4 Å². The Labute approximate surface area is 157 Å². The lowest BCUT2D eigenvalue weighted by Crippen LogP contribution is -2.55. The molecule has 1 aromatic heterocycles. The van der Waals surface area contributed by atoms with Crippen LogP contribution >= 0.6 is 11.6 Å². The Bertz CT molecular complexity index is 938. The number of carbonyl (C=O) groups is 2. The Kier molecular flexibility index (Phi) is 4.86. The Morgan fingerprint density at radius 2 is 2.11 bits per heavy atom. The third-order valence-corrected chi connectivity index (χ3v) is 3.77. The van der Waals surface area contributed by atoms with E-state index in [0.717, 1.165) is 18.2 Å². The zero-order chi connectivity index (χ0) is 20.7. The van der Waals surface area contributed by atoms with Crippen molar-refractivity contribution in [2.75, 3.05) is 4.90 Å². The first kappa shape index (κ1) is 19.8. The third kappa shape index (κ3) is 3.21. The summed E-state index contributed by atoms with van der Waals surface area (Å²) in [5.74, 6) is -6.41. The number of nitrogens with one attached hydrogen (secondary N) is 1. The summed E-state index contributed by atoms with van der Waals surface area (Å²) in [5.41, 5.74) is 6.11. The second-order valence-electron chi connectivity index (χ2n) is 5.20. The first-order valence-corrected chi connectivity index (χ1v) is 7.53. The zero-order valence-electron chi connectivity index (χ0n) is 13.3. The van der Waals surface area contributed by atoms with Crippen molar-refractivity contribution in [2.24, 2.45) is 5.73 Å². The summed E-state index contributed by atoms with van der Waals surface area (Å²) in [6.45, 7) is -0.419. The number of carbonyl (C=O) groups excluding carboxylic acids is 2. The highest BCUT2D eigenvalue weighted by Crippen LogP contribution is 2.39. The van der Waals surface area contributed by atoms with Crippen LogP contribution in [0.4, 0.5) is 28.0 Å². The van der Waals surface area contributed by atoms with Crippen molar-refractivity contribution in [1.29, 1.82) is 0 Å². The number of alkyl halides is 3. The van der Waals surface area contributed by atoms with Gasteiger partial charge in [0.2, 0.25) is 0 Å². The van der Waals surface area contributed by atoms with Gasteiger partial charge in [-0.05, 0) is 23.4 Å². The number of ether oxygens (including phenoxy) is 1. The Morgan fingerprint density at radius 1 is 1.39 bits per heavy atom. The van der Waals surface area contributed by atoms with Crippen molar-refractivity contribution in [1.82, 2.24) is 15.8 Å². The quantitative estimate of drug-likeness (QED) is 0.554. The second kappa shape index (κ2) is 6.88. The predicted molar refractivity (Wildman–Crippen MR) is 79.5 cm³/mol. The lowest BCUT2D eigenvalue weighted by atomic mass is 10.1. The van der Waals surface area contributed by atoms with Gasteiger partial charge in [-0.2, -0.15) is 13.2 Å². The van der Waals surface area contributed by atoms with E-state index in [2.05, 4.69) is 24.5 Å². The summed E-state index contributed by atoms with van der Waals surface area (Å²) >= 11 is 5.67. The molecule has 0 saturated carbocycles. The number of hydrogen-bond acceptors (Lipinski definition) is 9. The molecule has 15 heteroatoms. The Morgan fingerprint density at radius 3 is 2.71 bits per heavy atom. The first-order chi connectivity index (χ1) is 13.1. The molecule has 3 N–H and O–H groups in total. The summed E-state index contributed by atoms with van der Waals surface area (Å²) in [4.78, 5) is 28.7. The second-order valence-corrected chi connectivity index (χ2v) is 5.61. The van der Waals surface area contributed by atoms with Gasteiger partial charge < -0.3 is 15.3 Å². The van der Waals surface area contributed by atoms with E-state index < -0.39 is 47.2 Å². The van der Waals surface area contributed by atoms with Crippen LogP contribution in [0.25, 0.3) is 0 Å². The van der Waals surface area contributed by atoms with Crippen LogP contribution in [0.5, 0.6) is 0 Å². The molecule has 1 aliphatic rings. The zero-order valence-corrected chi connectivity index (χ0v) is 14.0. The van der Waals surface area contributed by atoms with Crippen molar-refractivity contribution >= 4 is 29.4 Å². The van der Waals surface area contributed by atoms with Crippen molar-refractivity contribution in [3.8, 4) is 0 Å².